The number of likely N-dealkylation sites (tertiary alicyclic amines) is 1. The molecular formula is C47H47ClN6O6. The number of halogens is 1. The number of nitrogens with one attached hydrogen (secondary N) is 1. The highest BCUT2D eigenvalue weighted by molar-refractivity contribution is 6.32. The smallest absolute Gasteiger partial charge is 0.262 e. The molecule has 4 fully saturated rings. The standard InChI is InChI=1S/C47H47ClN6O6/c1-26-37(14-9-29(22-49)39(26)48)60-45-46(2,3)44(47(45,4)5)53-23-30-20-28(8-11-33(30)41(53)57)7-6-27-16-18-51(19-17-27)32-24-52(25-32)31-10-12-34-35(21-31)43(59)54(42(34)58)36-13-15-38(55)50-40(36)56/h8-12,14,20-21,27,32,36,44-45H,13,15-19,23-25H2,1-5H3,(H,50,55,56)/t36?,44-,45-. The van der Waals surface area contributed by atoms with Crippen LogP contribution < -0.4 is 15.0 Å². The number of nitrogens with zero attached hydrogens (tertiary/aromatic N) is 5. The highest BCUT2D eigenvalue weighted by Gasteiger charge is 2.67. The number of carbonyl (C=O) groups excluding carboxylic acids is 5. The van der Waals surface area contributed by atoms with Crippen LogP contribution in [0.1, 0.15) is 107 Å². The van der Waals surface area contributed by atoms with Crippen LogP contribution in [0.3, 0.4) is 0 Å². The molecule has 0 aromatic heterocycles. The number of nitriles is 1. The van der Waals surface area contributed by atoms with Gasteiger partial charge in [0.15, 0.2) is 0 Å². The van der Waals surface area contributed by atoms with Gasteiger partial charge in [0.2, 0.25) is 11.8 Å². The summed E-state index contributed by atoms with van der Waals surface area (Å²) in [5.41, 5.74) is 4.53. The maximum absolute atomic E-state index is 13.9. The number of ether oxygens (including phenoxy) is 1. The molecule has 9 rings (SSSR count). The summed E-state index contributed by atoms with van der Waals surface area (Å²) >= 11 is 6.46. The van der Waals surface area contributed by atoms with Crippen LogP contribution in [-0.4, -0.2) is 94.6 Å². The number of amides is 5. The normalized spacial score (nSPS) is 24.9. The number of rotatable bonds is 6. The summed E-state index contributed by atoms with van der Waals surface area (Å²) in [5, 5.41) is 12.0. The number of carbonyl (C=O) groups is 5. The summed E-state index contributed by atoms with van der Waals surface area (Å²) in [6, 6.07) is 16.2. The Hall–Kier alpha value is -5.69. The van der Waals surface area contributed by atoms with Gasteiger partial charge < -0.3 is 14.5 Å². The lowest BCUT2D eigenvalue weighted by atomic mass is 9.49. The number of fused-ring (bicyclic) bond motifs is 2. The highest BCUT2D eigenvalue weighted by Crippen LogP contribution is 2.59. The Morgan fingerprint density at radius 2 is 1.55 bits per heavy atom. The molecule has 3 aromatic rings. The largest absolute Gasteiger partial charge is 0.489 e. The first-order chi connectivity index (χ1) is 28.6. The van der Waals surface area contributed by atoms with Gasteiger partial charge in [-0.2, -0.15) is 5.26 Å². The Morgan fingerprint density at radius 1 is 0.850 bits per heavy atom. The van der Waals surface area contributed by atoms with Gasteiger partial charge in [-0.15, -0.1) is 0 Å². The van der Waals surface area contributed by atoms with E-state index in [0.717, 1.165) is 71.9 Å². The minimum atomic E-state index is -0.980. The second kappa shape index (κ2) is 14.5. The quantitative estimate of drug-likeness (QED) is 0.244. The van der Waals surface area contributed by atoms with Crippen LogP contribution in [0.2, 0.25) is 5.02 Å². The van der Waals surface area contributed by atoms with Crippen molar-refractivity contribution in [3.63, 3.8) is 0 Å². The molecule has 3 aromatic carbocycles. The second-order valence-corrected chi connectivity index (χ2v) is 18.7. The van der Waals surface area contributed by atoms with Gasteiger partial charge in [-0.25, -0.2) is 0 Å². The van der Waals surface area contributed by atoms with E-state index in [-0.39, 0.29) is 53.2 Å². The van der Waals surface area contributed by atoms with Crippen molar-refractivity contribution in [2.75, 3.05) is 31.1 Å². The van der Waals surface area contributed by atoms with Crippen molar-refractivity contribution in [2.45, 2.75) is 91.1 Å². The van der Waals surface area contributed by atoms with Gasteiger partial charge in [0.05, 0.1) is 21.7 Å². The van der Waals surface area contributed by atoms with Gasteiger partial charge in [0.25, 0.3) is 17.7 Å². The fourth-order valence-corrected chi connectivity index (χ4v) is 11.2. The molecule has 1 aliphatic carbocycles. The molecule has 12 nitrogen and oxygen atoms in total. The third-order valence-electron chi connectivity index (χ3n) is 13.8. The van der Waals surface area contributed by atoms with Crippen molar-refractivity contribution >= 4 is 46.8 Å². The van der Waals surface area contributed by atoms with Crippen molar-refractivity contribution in [3.8, 4) is 23.7 Å². The number of hydrogen-bond acceptors (Lipinski definition) is 9. The molecule has 1 atom stereocenters. The Morgan fingerprint density at radius 3 is 2.25 bits per heavy atom. The van der Waals surface area contributed by atoms with E-state index in [2.05, 4.69) is 66.8 Å². The summed E-state index contributed by atoms with van der Waals surface area (Å²) in [4.78, 5) is 72.1. The summed E-state index contributed by atoms with van der Waals surface area (Å²) < 4.78 is 6.61. The van der Waals surface area contributed by atoms with E-state index in [0.29, 0.717) is 34.5 Å². The molecular weight excluding hydrogens is 780 g/mol. The summed E-state index contributed by atoms with van der Waals surface area (Å²) in [7, 11) is 0. The number of piperidine rings is 2. The lowest BCUT2D eigenvalue weighted by Gasteiger charge is -2.65. The number of imide groups is 2. The van der Waals surface area contributed by atoms with Crippen LogP contribution in [0.4, 0.5) is 5.69 Å². The van der Waals surface area contributed by atoms with Gasteiger partial charge >= 0.3 is 0 Å². The fraction of sp³-hybridized carbons (Fsp3) is 0.447. The lowest BCUT2D eigenvalue weighted by molar-refractivity contribution is -0.199. The first-order valence-corrected chi connectivity index (χ1v) is 21.1. The zero-order valence-corrected chi connectivity index (χ0v) is 35.2. The summed E-state index contributed by atoms with van der Waals surface area (Å²) in [6.07, 6.45) is 1.97. The van der Waals surface area contributed by atoms with E-state index in [1.807, 2.05) is 30.0 Å². The number of hydrogen-bond donors (Lipinski definition) is 1. The molecule has 6 aliphatic rings. The van der Waals surface area contributed by atoms with E-state index >= 15 is 0 Å². The molecule has 5 aliphatic heterocycles. The maximum Gasteiger partial charge on any atom is 0.262 e. The average Bonchev–Trinajstić information content (AvgIpc) is 3.64. The van der Waals surface area contributed by atoms with Gasteiger partial charge in [0.1, 0.15) is 24.0 Å². The van der Waals surface area contributed by atoms with Crippen molar-refractivity contribution in [1.29, 1.82) is 5.26 Å². The highest BCUT2D eigenvalue weighted by atomic mass is 35.5. The SMILES string of the molecule is Cc1c(O[C@H]2C(C)(C)[C@H](N3Cc4cc(C#CC5CCN(C6CN(c7ccc8c(c7)C(=O)N(C7CCC(=O)NC7=O)C8=O)C6)CC5)ccc4C3=O)C2(C)C)ccc(C#N)c1Cl. The molecule has 5 heterocycles. The Kier molecular flexibility index (Phi) is 9.61. The topological polar surface area (TPSA) is 143 Å². The first-order valence-electron chi connectivity index (χ1n) is 20.7. The van der Waals surface area contributed by atoms with Crippen molar-refractivity contribution in [3.05, 3.63) is 92.5 Å². The Labute approximate surface area is 354 Å². The predicted molar refractivity (Wildman–Crippen MR) is 223 cm³/mol. The van der Waals surface area contributed by atoms with Crippen LogP contribution in [-0.2, 0) is 16.1 Å². The van der Waals surface area contributed by atoms with Crippen LogP contribution in [0.15, 0.2) is 48.5 Å². The van der Waals surface area contributed by atoms with Crippen LogP contribution >= 0.6 is 11.6 Å². The summed E-state index contributed by atoms with van der Waals surface area (Å²) in [6.45, 7) is 14.5. The molecule has 60 heavy (non-hydrogen) atoms. The predicted octanol–water partition coefficient (Wildman–Crippen LogP) is 5.71. The molecule has 13 heteroatoms. The molecule has 3 saturated heterocycles. The monoisotopic (exact) mass is 826 g/mol. The van der Waals surface area contributed by atoms with Crippen molar-refractivity contribution in [2.24, 2.45) is 16.7 Å². The van der Waals surface area contributed by atoms with Crippen LogP contribution in [0.5, 0.6) is 5.75 Å². The molecule has 1 saturated carbocycles. The third kappa shape index (κ3) is 6.35. The van der Waals surface area contributed by atoms with E-state index in [1.165, 1.54) is 0 Å². The summed E-state index contributed by atoms with van der Waals surface area (Å²) in [5.74, 6) is 5.91. The average molecular weight is 827 g/mol. The minimum absolute atomic E-state index is 0.0322. The first kappa shape index (κ1) is 39.8. The van der Waals surface area contributed by atoms with E-state index in [1.54, 1.807) is 24.3 Å². The second-order valence-electron chi connectivity index (χ2n) is 18.3. The van der Waals surface area contributed by atoms with Crippen molar-refractivity contribution < 1.29 is 28.7 Å². The number of anilines is 1. The van der Waals surface area contributed by atoms with Gasteiger partial charge in [-0.3, -0.25) is 39.1 Å². The molecule has 0 bridgehead atoms. The van der Waals surface area contributed by atoms with E-state index < -0.39 is 29.7 Å². The van der Waals surface area contributed by atoms with E-state index in [9.17, 15) is 29.2 Å². The van der Waals surface area contributed by atoms with Crippen molar-refractivity contribution in [1.82, 2.24) is 20.0 Å². The van der Waals surface area contributed by atoms with E-state index in [4.69, 9.17) is 16.3 Å². The maximum atomic E-state index is 13.9. The fourth-order valence-electron chi connectivity index (χ4n) is 11.0. The van der Waals surface area contributed by atoms with Crippen LogP contribution in [0.25, 0.3) is 0 Å². The zero-order chi connectivity index (χ0) is 42.4. The van der Waals surface area contributed by atoms with Gasteiger partial charge in [-0.1, -0.05) is 51.1 Å². The Bertz CT molecular complexity index is 2480. The molecule has 1 unspecified atom stereocenters. The molecule has 5 amide bonds. The number of benzene rings is 3. The Balaban J connectivity index is 0.780. The third-order valence-corrected chi connectivity index (χ3v) is 14.3. The van der Waals surface area contributed by atoms with Gasteiger partial charge in [-0.05, 0) is 93.4 Å². The molecule has 0 spiro atoms. The molecule has 0 radical (unpaired) electrons. The van der Waals surface area contributed by atoms with Crippen LogP contribution in [0, 0.1) is 46.8 Å². The zero-order valence-electron chi connectivity index (χ0n) is 34.4. The van der Waals surface area contributed by atoms with Gasteiger partial charge in [0, 0.05) is 77.3 Å². The molecule has 308 valence electrons. The lowest BCUT2D eigenvalue weighted by Crippen LogP contribution is -2.74. The molecule has 1 N–H and O–H groups in total. The minimum Gasteiger partial charge on any atom is -0.489 e.